The van der Waals surface area contributed by atoms with Crippen molar-refractivity contribution in [3.8, 4) is 11.5 Å². The summed E-state index contributed by atoms with van der Waals surface area (Å²) in [5, 5.41) is 19.5. The van der Waals surface area contributed by atoms with E-state index in [1.165, 1.54) is 6.21 Å². The van der Waals surface area contributed by atoms with Gasteiger partial charge in [-0.1, -0.05) is 0 Å². The van der Waals surface area contributed by atoms with Gasteiger partial charge in [0, 0.05) is 62.3 Å². The number of hydrogen-bond donors (Lipinski definition) is 5. The van der Waals surface area contributed by atoms with Crippen LogP contribution >= 0.6 is 7.14 Å². The number of fused-ring (bicyclic) bond motifs is 3. The van der Waals surface area contributed by atoms with Gasteiger partial charge in [-0.3, -0.25) is 9.97 Å². The maximum absolute atomic E-state index is 13.6. The highest BCUT2D eigenvalue weighted by atomic mass is 31.2. The van der Waals surface area contributed by atoms with Crippen LogP contribution in [-0.2, 0) is 9.30 Å². The molecule has 0 atom stereocenters. The first-order valence-corrected chi connectivity index (χ1v) is 17.8. The van der Waals surface area contributed by atoms with Crippen LogP contribution in [0.5, 0.6) is 11.5 Å². The van der Waals surface area contributed by atoms with Crippen LogP contribution in [0.1, 0.15) is 5.56 Å². The van der Waals surface area contributed by atoms with Crippen molar-refractivity contribution in [2.75, 3.05) is 75.4 Å². The second-order valence-electron chi connectivity index (χ2n) is 11.4. The van der Waals surface area contributed by atoms with E-state index in [1.54, 1.807) is 45.2 Å². The molecule has 1 fully saturated rings. The predicted octanol–water partition coefficient (Wildman–Crippen LogP) is 4.45. The second kappa shape index (κ2) is 12.5. The van der Waals surface area contributed by atoms with Crippen LogP contribution in [-0.4, -0.2) is 91.0 Å². The number of allylic oxidation sites excluding steroid dienone is 1. The van der Waals surface area contributed by atoms with E-state index in [4.69, 9.17) is 29.6 Å². The maximum atomic E-state index is 13.6. The second-order valence-corrected chi connectivity index (χ2v) is 14.6. The molecule has 15 heteroatoms. The lowest BCUT2D eigenvalue weighted by atomic mass is 10.0. The lowest BCUT2D eigenvalue weighted by molar-refractivity contribution is 0.121. The highest BCUT2D eigenvalue weighted by Gasteiger charge is 2.29. The Hall–Kier alpha value is -5.20. The molecule has 2 aromatic carbocycles. The number of rotatable bonds is 9. The molecule has 0 unspecified atom stereocenters. The van der Waals surface area contributed by atoms with E-state index in [0.717, 1.165) is 11.1 Å². The van der Waals surface area contributed by atoms with Crippen LogP contribution in [0.4, 0.5) is 28.8 Å². The molecule has 5 heterocycles. The van der Waals surface area contributed by atoms with Crippen LogP contribution in [0.15, 0.2) is 49.1 Å². The zero-order valence-electron chi connectivity index (χ0n) is 26.3. The Balaban J connectivity index is 1.37. The zero-order valence-corrected chi connectivity index (χ0v) is 27.1. The molecule has 0 saturated carbocycles. The average molecular weight is 655 g/mol. The molecule has 0 aliphatic carbocycles. The molecule has 14 nitrogen and oxygen atoms in total. The van der Waals surface area contributed by atoms with Crippen molar-refractivity contribution in [1.82, 2.24) is 30.2 Å². The van der Waals surface area contributed by atoms with Gasteiger partial charge in [-0.05, 0) is 37.6 Å². The summed E-state index contributed by atoms with van der Waals surface area (Å²) in [6.07, 6.45) is 8.05. The minimum atomic E-state index is -2.82. The maximum Gasteiger partial charge on any atom is 0.231 e. The number of anilines is 5. The SMILES string of the molecule is CN/C=C(\C=N)c1cc(N2CCOCC2)c2c(c1Nc1nc(Nc3ccc4nccnc4c3P(C)(C)=O)c3cc[nH]c3n1)OCCO2. The van der Waals surface area contributed by atoms with Crippen molar-refractivity contribution in [1.29, 1.82) is 5.41 Å². The topological polar surface area (TPSA) is 175 Å². The molecule has 2 aliphatic rings. The quantitative estimate of drug-likeness (QED) is 0.112. The number of aromatic amines is 1. The highest BCUT2D eigenvalue weighted by Crippen LogP contribution is 2.50. The van der Waals surface area contributed by atoms with Crippen LogP contribution in [0.3, 0.4) is 0 Å². The lowest BCUT2D eigenvalue weighted by Gasteiger charge is -2.34. The van der Waals surface area contributed by atoms with Crippen LogP contribution in [0.2, 0.25) is 0 Å². The molecule has 0 bridgehead atoms. The zero-order chi connectivity index (χ0) is 32.5. The largest absolute Gasteiger partial charge is 0.484 e. The Labute approximate surface area is 270 Å². The Morgan fingerprint density at radius 2 is 1.81 bits per heavy atom. The van der Waals surface area contributed by atoms with E-state index in [2.05, 4.69) is 35.8 Å². The van der Waals surface area contributed by atoms with E-state index in [-0.39, 0.29) is 5.95 Å². The van der Waals surface area contributed by atoms with E-state index in [0.29, 0.717) is 101 Å². The standard InChI is InChI=1S/C32H35N10O4P/c1-34-18-19(17-33)21-16-24(42-10-12-44-13-11-42)27-28(46-15-14-45-27)25(21)39-32-40-30-20(6-7-37-30)31(41-32)38-23-5-4-22-26(36-9-8-35-22)29(23)47(2,3)43/h4-9,16-18,33-34H,10-15H2,1-3H3,(H3,37,38,39,40,41)/b19-18+,33-17?. The van der Waals surface area contributed by atoms with Crippen LogP contribution in [0, 0.1) is 5.41 Å². The van der Waals surface area contributed by atoms with Gasteiger partial charge in [0.2, 0.25) is 5.95 Å². The number of H-pyrrole nitrogens is 1. The molecular weight excluding hydrogens is 619 g/mol. The van der Waals surface area contributed by atoms with Crippen molar-refractivity contribution in [3.63, 3.8) is 0 Å². The van der Waals surface area contributed by atoms with Gasteiger partial charge in [0.15, 0.2) is 11.5 Å². The van der Waals surface area contributed by atoms with Crippen LogP contribution in [0.25, 0.3) is 27.6 Å². The summed E-state index contributed by atoms with van der Waals surface area (Å²) in [5.41, 5.74) is 5.18. The summed E-state index contributed by atoms with van der Waals surface area (Å²) in [5.74, 6) is 1.89. The van der Waals surface area contributed by atoms with Gasteiger partial charge >= 0.3 is 0 Å². The van der Waals surface area contributed by atoms with Gasteiger partial charge in [0.1, 0.15) is 37.3 Å². The number of hydrogen-bond acceptors (Lipinski definition) is 13. The summed E-state index contributed by atoms with van der Waals surface area (Å²) in [6.45, 7) is 6.80. The van der Waals surface area contributed by atoms with Crippen LogP contribution < -0.4 is 35.6 Å². The average Bonchev–Trinajstić information content (AvgIpc) is 3.56. The van der Waals surface area contributed by atoms with E-state index in [1.807, 2.05) is 24.3 Å². The third kappa shape index (κ3) is 5.81. The van der Waals surface area contributed by atoms with Gasteiger partial charge in [0.05, 0.1) is 46.5 Å². The highest BCUT2D eigenvalue weighted by molar-refractivity contribution is 7.71. The summed E-state index contributed by atoms with van der Waals surface area (Å²) in [6, 6.07) is 7.58. The molecule has 5 aromatic rings. The normalized spacial score (nSPS) is 15.1. The fraction of sp³-hybridized carbons (Fsp3) is 0.281. The number of nitrogens with zero attached hydrogens (tertiary/aromatic N) is 5. The first kappa shape index (κ1) is 30.5. The molecule has 5 N–H and O–H groups in total. The van der Waals surface area contributed by atoms with Gasteiger partial charge in [-0.25, -0.2) is 0 Å². The van der Waals surface area contributed by atoms with E-state index in [9.17, 15) is 4.57 Å². The van der Waals surface area contributed by atoms with Gasteiger partial charge < -0.3 is 50.0 Å². The minimum absolute atomic E-state index is 0.270. The fourth-order valence-electron chi connectivity index (χ4n) is 5.93. The minimum Gasteiger partial charge on any atom is -0.484 e. The first-order valence-electron chi connectivity index (χ1n) is 15.2. The number of aromatic nitrogens is 5. The van der Waals surface area contributed by atoms with Crippen molar-refractivity contribution in [2.45, 2.75) is 0 Å². The molecule has 1 saturated heterocycles. The molecule has 3 aromatic heterocycles. The number of morpholine rings is 1. The van der Waals surface area contributed by atoms with Crippen molar-refractivity contribution < 1.29 is 18.8 Å². The monoisotopic (exact) mass is 654 g/mol. The predicted molar refractivity (Wildman–Crippen MR) is 185 cm³/mol. The first-order chi connectivity index (χ1) is 22.9. The lowest BCUT2D eigenvalue weighted by Crippen LogP contribution is -2.37. The number of benzene rings is 2. The molecule has 2 aliphatic heterocycles. The molecule has 7 rings (SSSR count). The smallest absolute Gasteiger partial charge is 0.231 e. The summed E-state index contributed by atoms with van der Waals surface area (Å²) in [4.78, 5) is 24.0. The number of nitrogens with one attached hydrogen (secondary N) is 5. The molecule has 0 amide bonds. The molecule has 0 radical (unpaired) electrons. The number of ether oxygens (including phenoxy) is 3. The summed E-state index contributed by atoms with van der Waals surface area (Å²) >= 11 is 0. The van der Waals surface area contributed by atoms with Gasteiger partial charge in [0.25, 0.3) is 0 Å². The third-order valence-corrected chi connectivity index (χ3v) is 9.50. The Kier molecular flexibility index (Phi) is 8.12. The van der Waals surface area contributed by atoms with E-state index >= 15 is 0 Å². The van der Waals surface area contributed by atoms with Crippen molar-refractivity contribution in [3.05, 3.63) is 54.6 Å². The van der Waals surface area contributed by atoms with Gasteiger partial charge in [-0.2, -0.15) is 9.97 Å². The Morgan fingerprint density at radius 1 is 1.02 bits per heavy atom. The Morgan fingerprint density at radius 3 is 2.57 bits per heavy atom. The molecular formula is C32H35N10O4P. The Bertz CT molecular complexity index is 2070. The third-order valence-electron chi connectivity index (χ3n) is 7.97. The fourth-order valence-corrected chi connectivity index (χ4v) is 7.33. The summed E-state index contributed by atoms with van der Waals surface area (Å²) < 4.78 is 31.7. The molecule has 0 spiro atoms. The summed E-state index contributed by atoms with van der Waals surface area (Å²) in [7, 11) is -1.03. The van der Waals surface area contributed by atoms with E-state index < -0.39 is 7.14 Å². The molecule has 242 valence electrons. The van der Waals surface area contributed by atoms with Crippen molar-refractivity contribution >= 4 is 75.1 Å². The van der Waals surface area contributed by atoms with Gasteiger partial charge in [-0.15, -0.1) is 0 Å². The van der Waals surface area contributed by atoms with Crippen molar-refractivity contribution in [2.24, 2.45) is 0 Å². The molecule has 47 heavy (non-hydrogen) atoms.